The van der Waals surface area contributed by atoms with E-state index in [1.165, 1.54) is 6.08 Å². The molecule has 0 unspecified atom stereocenters. The van der Waals surface area contributed by atoms with Gasteiger partial charge in [0.25, 0.3) is 0 Å². The molecule has 0 spiro atoms. The highest BCUT2D eigenvalue weighted by Gasteiger charge is 2.18. The van der Waals surface area contributed by atoms with Crippen LogP contribution in [0.25, 0.3) is 5.69 Å². The minimum Gasteiger partial charge on any atom is -0.454 e. The lowest BCUT2D eigenvalue weighted by molar-refractivity contribution is -0.136. The highest BCUT2D eigenvalue weighted by molar-refractivity contribution is 6.34. The minimum absolute atomic E-state index is 0.264. The van der Waals surface area contributed by atoms with Crippen LogP contribution in [0.3, 0.4) is 0 Å². The second kappa shape index (κ2) is 7.69. The number of carbonyl (C=O) groups is 2. The Balaban J connectivity index is 2.32. The van der Waals surface area contributed by atoms with Crippen LogP contribution in [-0.4, -0.2) is 22.9 Å². The van der Waals surface area contributed by atoms with E-state index in [2.05, 4.69) is 0 Å². The fourth-order valence-corrected chi connectivity index (χ4v) is 3.02. The molecule has 1 heterocycles. The molecule has 0 aliphatic rings. The lowest BCUT2D eigenvalue weighted by Crippen LogP contribution is -2.13. The van der Waals surface area contributed by atoms with E-state index in [1.54, 1.807) is 37.3 Å². The van der Waals surface area contributed by atoms with Gasteiger partial charge < -0.3 is 9.30 Å². The van der Waals surface area contributed by atoms with E-state index in [4.69, 9.17) is 27.9 Å². The molecule has 4 nitrogen and oxygen atoms in total. The van der Waals surface area contributed by atoms with Gasteiger partial charge in [0.1, 0.15) is 0 Å². The smallest absolute Gasteiger partial charge is 0.330 e. The number of Topliss-reactive ketones (excluding diaryl/α,β-unsaturated/α-hetero) is 1. The largest absolute Gasteiger partial charge is 0.454 e. The van der Waals surface area contributed by atoms with Crippen molar-refractivity contribution in [2.75, 3.05) is 6.61 Å². The number of benzene rings is 1. The zero-order valence-electron chi connectivity index (χ0n) is 13.6. The number of aryl methyl sites for hydroxylation is 1. The van der Waals surface area contributed by atoms with Crippen LogP contribution in [0.15, 0.2) is 36.4 Å². The zero-order chi connectivity index (χ0) is 17.9. The first-order chi connectivity index (χ1) is 11.3. The standard InChI is InChI=1S/C18H17Cl2NO3/c1-4-5-18(23)24-10-17(22)16-6-11(2)21(12(16)3)15-8-13(19)7-14(20)9-15/h4-9H,10H2,1-3H3/b5-4+. The second-order valence-corrected chi connectivity index (χ2v) is 6.15. The van der Waals surface area contributed by atoms with Crippen molar-refractivity contribution in [3.63, 3.8) is 0 Å². The Morgan fingerprint density at radius 1 is 1.12 bits per heavy atom. The maximum absolute atomic E-state index is 12.3. The molecule has 24 heavy (non-hydrogen) atoms. The van der Waals surface area contributed by atoms with E-state index in [1.807, 2.05) is 18.4 Å². The highest BCUT2D eigenvalue weighted by atomic mass is 35.5. The number of ether oxygens (including phenoxy) is 1. The Morgan fingerprint density at radius 2 is 1.75 bits per heavy atom. The summed E-state index contributed by atoms with van der Waals surface area (Å²) in [6.45, 7) is 5.10. The molecule has 0 atom stereocenters. The lowest BCUT2D eigenvalue weighted by Gasteiger charge is -2.11. The molecule has 0 aliphatic heterocycles. The number of halogens is 2. The summed E-state index contributed by atoms with van der Waals surface area (Å²) in [6.07, 6.45) is 2.83. The van der Waals surface area contributed by atoms with Crippen molar-refractivity contribution in [1.29, 1.82) is 0 Å². The molecule has 0 bridgehead atoms. The van der Waals surface area contributed by atoms with Crippen molar-refractivity contribution < 1.29 is 14.3 Å². The Morgan fingerprint density at radius 3 is 2.33 bits per heavy atom. The average molecular weight is 366 g/mol. The number of hydrogen-bond donors (Lipinski definition) is 0. The number of aromatic nitrogens is 1. The zero-order valence-corrected chi connectivity index (χ0v) is 15.1. The van der Waals surface area contributed by atoms with Gasteiger partial charge in [-0.25, -0.2) is 4.79 Å². The van der Waals surface area contributed by atoms with E-state index in [0.29, 0.717) is 15.6 Å². The first kappa shape index (κ1) is 18.3. The van der Waals surface area contributed by atoms with Gasteiger partial charge in [-0.1, -0.05) is 29.3 Å². The van der Waals surface area contributed by atoms with E-state index in [-0.39, 0.29) is 12.4 Å². The van der Waals surface area contributed by atoms with Gasteiger partial charge in [-0.3, -0.25) is 4.79 Å². The Hall–Kier alpha value is -2.04. The SMILES string of the molecule is C/C=C/C(=O)OCC(=O)c1cc(C)n(-c2cc(Cl)cc(Cl)c2)c1C. The first-order valence-corrected chi connectivity index (χ1v) is 8.07. The van der Waals surface area contributed by atoms with E-state index in [9.17, 15) is 9.59 Å². The number of ketones is 1. The maximum atomic E-state index is 12.3. The summed E-state index contributed by atoms with van der Waals surface area (Å²) in [5, 5.41) is 1.02. The van der Waals surface area contributed by atoms with Gasteiger partial charge in [0, 0.05) is 38.8 Å². The summed E-state index contributed by atoms with van der Waals surface area (Å²) >= 11 is 12.1. The normalized spacial score (nSPS) is 11.0. The van der Waals surface area contributed by atoms with Gasteiger partial charge in [0.05, 0.1) is 0 Å². The molecule has 1 aromatic carbocycles. The van der Waals surface area contributed by atoms with Crippen molar-refractivity contribution in [1.82, 2.24) is 4.57 Å². The monoisotopic (exact) mass is 365 g/mol. The number of nitrogens with zero attached hydrogens (tertiary/aromatic N) is 1. The van der Waals surface area contributed by atoms with Crippen LogP contribution < -0.4 is 0 Å². The van der Waals surface area contributed by atoms with Crippen LogP contribution in [0, 0.1) is 13.8 Å². The van der Waals surface area contributed by atoms with Gasteiger partial charge in [-0.2, -0.15) is 0 Å². The van der Waals surface area contributed by atoms with Crippen LogP contribution in [-0.2, 0) is 9.53 Å². The van der Waals surface area contributed by atoms with Crippen molar-refractivity contribution in [3.05, 3.63) is 63.4 Å². The fourth-order valence-electron chi connectivity index (χ4n) is 2.51. The van der Waals surface area contributed by atoms with E-state index in [0.717, 1.165) is 17.1 Å². The van der Waals surface area contributed by atoms with E-state index >= 15 is 0 Å². The van der Waals surface area contributed by atoms with Crippen molar-refractivity contribution in [2.45, 2.75) is 20.8 Å². The maximum Gasteiger partial charge on any atom is 0.330 e. The van der Waals surface area contributed by atoms with Crippen molar-refractivity contribution in [3.8, 4) is 5.69 Å². The summed E-state index contributed by atoms with van der Waals surface area (Å²) in [5.74, 6) is -0.804. The van der Waals surface area contributed by atoms with Crippen LogP contribution in [0.4, 0.5) is 0 Å². The summed E-state index contributed by atoms with van der Waals surface area (Å²) in [6, 6.07) is 6.95. The predicted octanol–water partition coefficient (Wildman–Crippen LogP) is 4.70. The third kappa shape index (κ3) is 4.08. The molecule has 1 aromatic heterocycles. The van der Waals surface area contributed by atoms with Gasteiger partial charge in [0.2, 0.25) is 5.78 Å². The summed E-state index contributed by atoms with van der Waals surface area (Å²) in [5.41, 5.74) is 2.86. The molecule has 2 aromatic rings. The molecular formula is C18H17Cl2NO3. The Labute approximate surface area is 150 Å². The third-order valence-electron chi connectivity index (χ3n) is 3.49. The van der Waals surface area contributed by atoms with Crippen molar-refractivity contribution in [2.24, 2.45) is 0 Å². The fraction of sp³-hybridized carbons (Fsp3) is 0.222. The van der Waals surface area contributed by atoms with Gasteiger partial charge in [-0.15, -0.1) is 0 Å². The molecule has 126 valence electrons. The summed E-state index contributed by atoms with van der Waals surface area (Å²) in [4.78, 5) is 23.7. The molecule has 0 saturated heterocycles. The Bertz CT molecular complexity index is 802. The average Bonchev–Trinajstić information content (AvgIpc) is 2.79. The molecule has 6 heteroatoms. The van der Waals surface area contributed by atoms with Gasteiger partial charge in [0.15, 0.2) is 6.61 Å². The molecule has 0 amide bonds. The number of esters is 1. The van der Waals surface area contributed by atoms with E-state index < -0.39 is 5.97 Å². The van der Waals surface area contributed by atoms with Gasteiger partial charge in [-0.05, 0) is 45.0 Å². The molecule has 0 radical (unpaired) electrons. The van der Waals surface area contributed by atoms with Crippen molar-refractivity contribution >= 4 is 35.0 Å². The number of hydrogen-bond acceptors (Lipinski definition) is 3. The highest BCUT2D eigenvalue weighted by Crippen LogP contribution is 2.26. The summed E-state index contributed by atoms with van der Waals surface area (Å²) in [7, 11) is 0. The number of carbonyl (C=O) groups excluding carboxylic acids is 2. The molecular weight excluding hydrogens is 349 g/mol. The molecule has 2 rings (SSSR count). The third-order valence-corrected chi connectivity index (χ3v) is 3.92. The van der Waals surface area contributed by atoms with Crippen LogP contribution in [0.5, 0.6) is 0 Å². The lowest BCUT2D eigenvalue weighted by atomic mass is 10.1. The molecule has 0 aliphatic carbocycles. The molecule has 0 N–H and O–H groups in total. The second-order valence-electron chi connectivity index (χ2n) is 5.28. The quantitative estimate of drug-likeness (QED) is 0.438. The van der Waals surface area contributed by atoms with Crippen LogP contribution in [0.2, 0.25) is 10.0 Å². The first-order valence-electron chi connectivity index (χ1n) is 7.31. The summed E-state index contributed by atoms with van der Waals surface area (Å²) < 4.78 is 6.81. The topological polar surface area (TPSA) is 48.3 Å². The Kier molecular flexibility index (Phi) is 5.86. The van der Waals surface area contributed by atoms with Crippen LogP contribution >= 0.6 is 23.2 Å². The minimum atomic E-state index is -0.540. The predicted molar refractivity (Wildman–Crippen MR) is 95.4 cm³/mol. The number of allylic oxidation sites excluding steroid dienone is 1. The van der Waals surface area contributed by atoms with Crippen LogP contribution in [0.1, 0.15) is 28.7 Å². The molecule has 0 fully saturated rings. The number of rotatable bonds is 5. The molecule has 0 saturated carbocycles. The van der Waals surface area contributed by atoms with Gasteiger partial charge >= 0.3 is 5.97 Å².